The Morgan fingerprint density at radius 2 is 1.89 bits per heavy atom. The van der Waals surface area contributed by atoms with Crippen LogP contribution in [0.4, 0.5) is 11.4 Å². The third kappa shape index (κ3) is 3.53. The molecule has 0 amide bonds. The van der Waals surface area contributed by atoms with Gasteiger partial charge in [-0.25, -0.2) is 0 Å². The average molecular weight is 417 g/mol. The zero-order valence-corrected chi connectivity index (χ0v) is 16.2. The van der Waals surface area contributed by atoms with Crippen LogP contribution < -0.4 is 14.4 Å². The predicted molar refractivity (Wildman–Crippen MR) is 114 cm³/mol. The first-order valence-corrected chi connectivity index (χ1v) is 9.58. The number of thioether (sulfide) groups is 1. The van der Waals surface area contributed by atoms with Crippen LogP contribution in [0, 0.1) is 10.1 Å². The Kier molecular flexibility index (Phi) is 4.81. The maximum Gasteiger partial charge on any atom is 0.270 e. The number of nitrogens with zero attached hydrogens (tertiary/aromatic N) is 2. The van der Waals surface area contributed by atoms with Crippen molar-refractivity contribution in [3.63, 3.8) is 0 Å². The van der Waals surface area contributed by atoms with Gasteiger partial charge in [0, 0.05) is 18.2 Å². The quantitative estimate of drug-likeness (QED) is 0.312. The van der Waals surface area contributed by atoms with Crippen molar-refractivity contribution < 1.29 is 14.4 Å². The summed E-state index contributed by atoms with van der Waals surface area (Å²) in [6, 6.07) is 12.0. The Bertz CT molecular complexity index is 1010. The highest BCUT2D eigenvalue weighted by Crippen LogP contribution is 2.40. The zero-order valence-electron chi connectivity index (χ0n) is 13.8. The van der Waals surface area contributed by atoms with Gasteiger partial charge in [-0.15, -0.1) is 0 Å². The van der Waals surface area contributed by atoms with Gasteiger partial charge in [0.05, 0.1) is 15.5 Å². The molecule has 0 radical (unpaired) electrons. The molecule has 136 valence electrons. The summed E-state index contributed by atoms with van der Waals surface area (Å²) >= 11 is 12.5. The monoisotopic (exact) mass is 416 g/mol. The number of nitro groups is 1. The van der Waals surface area contributed by atoms with E-state index in [0.29, 0.717) is 39.6 Å². The molecule has 4 rings (SSSR count). The fourth-order valence-corrected chi connectivity index (χ4v) is 4.55. The number of thiocarbonyl (C=S) groups is 2. The minimum Gasteiger partial charge on any atom is -0.486 e. The van der Waals surface area contributed by atoms with Crippen LogP contribution >= 0.6 is 36.2 Å². The van der Waals surface area contributed by atoms with E-state index in [9.17, 15) is 10.1 Å². The van der Waals surface area contributed by atoms with E-state index in [0.717, 1.165) is 10.6 Å². The Hall–Kier alpha value is -2.49. The van der Waals surface area contributed by atoms with Gasteiger partial charge < -0.3 is 9.47 Å². The molecule has 6 nitrogen and oxygen atoms in total. The number of hydrogen-bond acceptors (Lipinski definition) is 7. The third-order valence-electron chi connectivity index (χ3n) is 3.96. The normalized spacial score (nSPS) is 17.5. The van der Waals surface area contributed by atoms with Crippen LogP contribution in [0.1, 0.15) is 5.56 Å². The fourth-order valence-electron chi connectivity index (χ4n) is 2.74. The van der Waals surface area contributed by atoms with Gasteiger partial charge in [-0.2, -0.15) is 0 Å². The van der Waals surface area contributed by atoms with Crippen LogP contribution in [-0.4, -0.2) is 27.4 Å². The van der Waals surface area contributed by atoms with Crippen LogP contribution in [0.15, 0.2) is 47.4 Å². The van der Waals surface area contributed by atoms with Gasteiger partial charge in [0.25, 0.3) is 5.69 Å². The van der Waals surface area contributed by atoms with Gasteiger partial charge in [0.1, 0.15) is 18.2 Å². The molecule has 0 bridgehead atoms. The lowest BCUT2D eigenvalue weighted by molar-refractivity contribution is -0.384. The molecule has 0 spiro atoms. The minimum absolute atomic E-state index is 0.0320. The first-order chi connectivity index (χ1) is 13.0. The third-order valence-corrected chi connectivity index (χ3v) is 5.81. The van der Waals surface area contributed by atoms with Crippen molar-refractivity contribution in [2.75, 3.05) is 18.1 Å². The van der Waals surface area contributed by atoms with Crippen molar-refractivity contribution in [2.24, 2.45) is 0 Å². The maximum atomic E-state index is 11.0. The van der Waals surface area contributed by atoms with E-state index < -0.39 is 4.92 Å². The summed E-state index contributed by atoms with van der Waals surface area (Å²) in [5.74, 6) is 1.35. The van der Waals surface area contributed by atoms with Gasteiger partial charge >= 0.3 is 0 Å². The fraction of sp³-hybridized carbons (Fsp3) is 0.111. The van der Waals surface area contributed by atoms with E-state index in [1.165, 1.54) is 23.9 Å². The number of hydrogen-bond donors (Lipinski definition) is 0. The van der Waals surface area contributed by atoms with E-state index in [4.69, 9.17) is 33.9 Å². The van der Waals surface area contributed by atoms with E-state index in [1.54, 1.807) is 17.0 Å². The lowest BCUT2D eigenvalue weighted by Gasteiger charge is -2.22. The number of benzene rings is 2. The molecule has 0 aliphatic carbocycles. The Labute approximate surface area is 169 Å². The molecule has 0 N–H and O–H groups in total. The second-order valence-electron chi connectivity index (χ2n) is 5.70. The predicted octanol–water partition coefficient (Wildman–Crippen LogP) is 4.57. The number of rotatable bonds is 3. The van der Waals surface area contributed by atoms with E-state index in [-0.39, 0.29) is 5.69 Å². The molecule has 0 unspecified atom stereocenters. The summed E-state index contributed by atoms with van der Waals surface area (Å²) in [5.41, 5.74) is 1.52. The average Bonchev–Trinajstić information content (AvgIpc) is 2.95. The smallest absolute Gasteiger partial charge is 0.270 e. The minimum atomic E-state index is -0.422. The highest BCUT2D eigenvalue weighted by molar-refractivity contribution is 8.28. The van der Waals surface area contributed by atoms with Gasteiger partial charge in [-0.05, 0) is 23.8 Å². The molecule has 2 aromatic rings. The molecule has 2 aromatic carbocycles. The maximum absolute atomic E-state index is 11.0. The van der Waals surface area contributed by atoms with Crippen molar-refractivity contribution in [2.45, 2.75) is 0 Å². The van der Waals surface area contributed by atoms with Gasteiger partial charge in [0.15, 0.2) is 15.8 Å². The van der Waals surface area contributed by atoms with E-state index in [1.807, 2.05) is 24.3 Å². The molecular weight excluding hydrogens is 404 g/mol. The van der Waals surface area contributed by atoms with Crippen molar-refractivity contribution in [3.8, 4) is 11.5 Å². The van der Waals surface area contributed by atoms with Crippen molar-refractivity contribution >= 4 is 63.0 Å². The summed E-state index contributed by atoms with van der Waals surface area (Å²) in [7, 11) is 0. The first-order valence-electron chi connectivity index (χ1n) is 7.95. The molecule has 2 aliphatic rings. The lowest BCUT2D eigenvalue weighted by Crippen LogP contribution is -2.26. The molecule has 0 aromatic heterocycles. The lowest BCUT2D eigenvalue weighted by atomic mass is 10.2. The molecular formula is C18H12N2O4S3. The SMILES string of the molecule is O=[N+]([O-])c1cccc(/C=C2\SC(=S)N(c3ccc4c(c3)OCCO4)C2=S)c1. The van der Waals surface area contributed by atoms with E-state index >= 15 is 0 Å². The highest BCUT2D eigenvalue weighted by Gasteiger charge is 2.31. The molecule has 2 aliphatic heterocycles. The molecule has 1 fully saturated rings. The Balaban J connectivity index is 1.64. The summed E-state index contributed by atoms with van der Waals surface area (Å²) in [6.07, 6.45) is 1.81. The Morgan fingerprint density at radius 1 is 1.11 bits per heavy atom. The summed E-state index contributed by atoms with van der Waals surface area (Å²) < 4.78 is 11.8. The van der Waals surface area contributed by atoms with E-state index in [2.05, 4.69) is 0 Å². The van der Waals surface area contributed by atoms with Crippen LogP contribution in [0.5, 0.6) is 11.5 Å². The topological polar surface area (TPSA) is 64.8 Å². The number of nitro benzene ring substituents is 1. The second kappa shape index (κ2) is 7.26. The molecule has 0 saturated carbocycles. The van der Waals surface area contributed by atoms with Gasteiger partial charge in [-0.3, -0.25) is 15.0 Å². The molecule has 1 saturated heterocycles. The van der Waals surface area contributed by atoms with Crippen LogP contribution in [0.3, 0.4) is 0 Å². The molecule has 2 heterocycles. The summed E-state index contributed by atoms with van der Waals surface area (Å²) in [5, 5.41) is 11.0. The first kappa shape index (κ1) is 17.9. The number of ether oxygens (including phenoxy) is 2. The number of fused-ring (bicyclic) bond motifs is 1. The summed E-state index contributed by atoms with van der Waals surface area (Å²) in [6.45, 7) is 1.02. The number of non-ortho nitro benzene ring substituents is 1. The largest absolute Gasteiger partial charge is 0.486 e. The number of anilines is 1. The molecule has 0 atom stereocenters. The highest BCUT2D eigenvalue weighted by atomic mass is 32.2. The van der Waals surface area contributed by atoms with Crippen molar-refractivity contribution in [3.05, 3.63) is 63.0 Å². The van der Waals surface area contributed by atoms with Crippen LogP contribution in [0.2, 0.25) is 0 Å². The molecule has 27 heavy (non-hydrogen) atoms. The zero-order chi connectivity index (χ0) is 19.0. The van der Waals surface area contributed by atoms with Gasteiger partial charge in [0.2, 0.25) is 0 Å². The van der Waals surface area contributed by atoms with Crippen molar-refractivity contribution in [1.82, 2.24) is 0 Å². The van der Waals surface area contributed by atoms with Crippen LogP contribution in [0.25, 0.3) is 6.08 Å². The Morgan fingerprint density at radius 3 is 2.67 bits per heavy atom. The van der Waals surface area contributed by atoms with Crippen LogP contribution in [-0.2, 0) is 0 Å². The molecule has 9 heteroatoms. The van der Waals surface area contributed by atoms with Gasteiger partial charge in [-0.1, -0.05) is 48.3 Å². The van der Waals surface area contributed by atoms with Crippen molar-refractivity contribution in [1.29, 1.82) is 0 Å². The standard InChI is InChI=1S/C18H12N2O4S3/c21-20(22)13-3-1-2-11(8-13)9-16-17(25)19(18(26)27-16)12-4-5-14-15(10-12)24-7-6-23-14/h1-5,8-10H,6-7H2/b16-9-. The second-order valence-corrected chi connectivity index (χ2v) is 7.76. The summed E-state index contributed by atoms with van der Waals surface area (Å²) in [4.78, 5) is 13.6.